The molecule has 0 aromatic rings. The van der Waals surface area contributed by atoms with Gasteiger partial charge in [-0.25, -0.2) is 0 Å². The molecule has 0 bridgehead atoms. The summed E-state index contributed by atoms with van der Waals surface area (Å²) in [5, 5.41) is 0. The Balaban J connectivity index is 2.07. The molecule has 1 aliphatic rings. The van der Waals surface area contributed by atoms with Crippen LogP contribution < -0.4 is 0 Å². The van der Waals surface area contributed by atoms with Crippen molar-refractivity contribution in [2.24, 2.45) is 0 Å². The fourth-order valence-electron chi connectivity index (χ4n) is 1.47. The minimum atomic E-state index is 0.930. The molecule has 0 aromatic carbocycles. The zero-order chi connectivity index (χ0) is 7.94. The molecule has 0 saturated heterocycles. The average Bonchev–Trinajstić information content (AvgIpc) is 2.50. The summed E-state index contributed by atoms with van der Waals surface area (Å²) in [6.07, 6.45) is 14.2. The van der Waals surface area contributed by atoms with Gasteiger partial charge in [0.15, 0.2) is 0 Å². The van der Waals surface area contributed by atoms with E-state index in [1.54, 1.807) is 5.57 Å². The normalized spacial score (nSPS) is 17.7. The van der Waals surface area contributed by atoms with Crippen molar-refractivity contribution < 1.29 is 0 Å². The van der Waals surface area contributed by atoms with E-state index in [0.717, 1.165) is 6.42 Å². The van der Waals surface area contributed by atoms with Crippen LogP contribution in [0.15, 0.2) is 23.8 Å². The van der Waals surface area contributed by atoms with E-state index in [9.17, 15) is 0 Å². The van der Waals surface area contributed by atoms with Crippen molar-refractivity contribution in [1.82, 2.24) is 0 Å². The summed E-state index contributed by atoms with van der Waals surface area (Å²) < 4.78 is 0. The molecule has 11 heavy (non-hydrogen) atoms. The fourth-order valence-corrected chi connectivity index (χ4v) is 1.47. The molecule has 0 atom stereocenters. The van der Waals surface area contributed by atoms with Gasteiger partial charge in [-0.3, -0.25) is 0 Å². The van der Waals surface area contributed by atoms with Gasteiger partial charge >= 0.3 is 0 Å². The first kappa shape index (κ1) is 8.58. The topological polar surface area (TPSA) is 0 Å². The number of hydrogen-bond acceptors (Lipinski definition) is 0. The van der Waals surface area contributed by atoms with E-state index >= 15 is 0 Å². The summed E-state index contributed by atoms with van der Waals surface area (Å²) in [7, 11) is 0. The van der Waals surface area contributed by atoms with Crippen molar-refractivity contribution >= 4 is 0 Å². The standard InChI is InChI=1S/C11H17/c1-2-3-4-5-8-11-9-6-7-10-11/h3-4,9H,1-2,5-8,10H2. The van der Waals surface area contributed by atoms with Crippen molar-refractivity contribution in [3.63, 3.8) is 0 Å². The minimum Gasteiger partial charge on any atom is -0.0885 e. The molecule has 1 aliphatic carbocycles. The maximum atomic E-state index is 3.75. The molecule has 0 nitrogen and oxygen atoms in total. The maximum absolute atomic E-state index is 3.75. The molecule has 1 rings (SSSR count). The molecular weight excluding hydrogens is 132 g/mol. The monoisotopic (exact) mass is 149 g/mol. The van der Waals surface area contributed by atoms with E-state index in [1.807, 2.05) is 0 Å². The van der Waals surface area contributed by atoms with Crippen molar-refractivity contribution in [1.29, 1.82) is 0 Å². The largest absolute Gasteiger partial charge is 0.0885 e. The van der Waals surface area contributed by atoms with Gasteiger partial charge in [0, 0.05) is 0 Å². The van der Waals surface area contributed by atoms with E-state index in [1.165, 1.54) is 32.1 Å². The Morgan fingerprint density at radius 3 is 3.00 bits per heavy atom. The number of allylic oxidation sites excluding steroid dienone is 4. The van der Waals surface area contributed by atoms with Crippen LogP contribution in [-0.4, -0.2) is 0 Å². The van der Waals surface area contributed by atoms with E-state index in [2.05, 4.69) is 25.2 Å². The third-order valence-corrected chi connectivity index (χ3v) is 2.10. The highest BCUT2D eigenvalue weighted by Crippen LogP contribution is 2.21. The van der Waals surface area contributed by atoms with Crippen LogP contribution in [0.4, 0.5) is 0 Å². The molecule has 0 heterocycles. The zero-order valence-corrected chi connectivity index (χ0v) is 7.18. The summed E-state index contributed by atoms with van der Waals surface area (Å²) >= 11 is 0. The van der Waals surface area contributed by atoms with Gasteiger partial charge in [0.05, 0.1) is 0 Å². The minimum absolute atomic E-state index is 0.930. The second-order valence-corrected chi connectivity index (χ2v) is 3.05. The third-order valence-electron chi connectivity index (χ3n) is 2.10. The summed E-state index contributed by atoms with van der Waals surface area (Å²) in [5.74, 6) is 0. The van der Waals surface area contributed by atoms with Crippen LogP contribution in [0.2, 0.25) is 0 Å². The van der Waals surface area contributed by atoms with E-state index in [-0.39, 0.29) is 0 Å². The molecular formula is C11H17. The Morgan fingerprint density at radius 2 is 2.36 bits per heavy atom. The second kappa shape index (κ2) is 5.17. The van der Waals surface area contributed by atoms with Gasteiger partial charge in [0.2, 0.25) is 0 Å². The summed E-state index contributed by atoms with van der Waals surface area (Å²) in [5.41, 5.74) is 1.67. The van der Waals surface area contributed by atoms with Crippen molar-refractivity contribution in [2.45, 2.75) is 38.5 Å². The molecule has 0 N–H and O–H groups in total. The zero-order valence-electron chi connectivity index (χ0n) is 7.18. The van der Waals surface area contributed by atoms with Gasteiger partial charge in [0.1, 0.15) is 0 Å². The quantitative estimate of drug-likeness (QED) is 0.535. The van der Waals surface area contributed by atoms with Crippen LogP contribution >= 0.6 is 0 Å². The summed E-state index contributed by atoms with van der Waals surface area (Å²) in [6, 6.07) is 0. The maximum Gasteiger partial charge on any atom is -0.0286 e. The molecule has 0 saturated carbocycles. The van der Waals surface area contributed by atoms with Gasteiger partial charge < -0.3 is 0 Å². The van der Waals surface area contributed by atoms with E-state index < -0.39 is 0 Å². The SMILES string of the molecule is [CH2]CC=CCCC1=CCCC1. The Bertz CT molecular complexity index is 151. The van der Waals surface area contributed by atoms with Crippen LogP contribution in [0, 0.1) is 6.92 Å². The van der Waals surface area contributed by atoms with E-state index in [0.29, 0.717) is 0 Å². The highest BCUT2D eigenvalue weighted by molar-refractivity contribution is 5.08. The predicted molar refractivity (Wildman–Crippen MR) is 50.3 cm³/mol. The average molecular weight is 149 g/mol. The smallest absolute Gasteiger partial charge is 0.0286 e. The van der Waals surface area contributed by atoms with Crippen LogP contribution in [-0.2, 0) is 0 Å². The second-order valence-electron chi connectivity index (χ2n) is 3.05. The molecule has 0 heteroatoms. The lowest BCUT2D eigenvalue weighted by molar-refractivity contribution is 0.855. The molecule has 0 aromatic heterocycles. The number of rotatable bonds is 4. The first-order valence-corrected chi connectivity index (χ1v) is 4.55. The van der Waals surface area contributed by atoms with Gasteiger partial charge in [-0.05, 0) is 45.4 Å². The van der Waals surface area contributed by atoms with Gasteiger partial charge in [0.25, 0.3) is 0 Å². The fraction of sp³-hybridized carbons (Fsp3) is 0.545. The van der Waals surface area contributed by atoms with Crippen LogP contribution in [0.25, 0.3) is 0 Å². The Morgan fingerprint density at radius 1 is 1.45 bits per heavy atom. The van der Waals surface area contributed by atoms with Gasteiger partial charge in [-0.2, -0.15) is 0 Å². The van der Waals surface area contributed by atoms with Crippen molar-refractivity contribution in [2.75, 3.05) is 0 Å². The highest BCUT2D eigenvalue weighted by atomic mass is 14.1. The third kappa shape index (κ3) is 3.41. The molecule has 0 fully saturated rings. The Hall–Kier alpha value is -0.520. The van der Waals surface area contributed by atoms with Gasteiger partial charge in [-0.1, -0.05) is 23.8 Å². The molecule has 1 radical (unpaired) electrons. The number of hydrogen-bond donors (Lipinski definition) is 0. The van der Waals surface area contributed by atoms with Crippen molar-refractivity contribution in [3.8, 4) is 0 Å². The van der Waals surface area contributed by atoms with Crippen LogP contribution in [0.3, 0.4) is 0 Å². The van der Waals surface area contributed by atoms with E-state index in [4.69, 9.17) is 0 Å². The lowest BCUT2D eigenvalue weighted by Crippen LogP contribution is -1.76. The molecule has 0 amide bonds. The molecule has 0 unspecified atom stereocenters. The Labute approximate surface area is 70.0 Å². The summed E-state index contributed by atoms with van der Waals surface area (Å²) in [4.78, 5) is 0. The lowest BCUT2D eigenvalue weighted by Gasteiger charge is -1.95. The Kier molecular flexibility index (Phi) is 4.03. The van der Waals surface area contributed by atoms with Crippen LogP contribution in [0.1, 0.15) is 38.5 Å². The predicted octanol–water partition coefficient (Wildman–Crippen LogP) is 3.66. The first-order valence-electron chi connectivity index (χ1n) is 4.55. The lowest BCUT2D eigenvalue weighted by atomic mass is 10.1. The molecule has 61 valence electrons. The van der Waals surface area contributed by atoms with Crippen molar-refractivity contribution in [3.05, 3.63) is 30.7 Å². The highest BCUT2D eigenvalue weighted by Gasteiger charge is 2.01. The van der Waals surface area contributed by atoms with Gasteiger partial charge in [-0.15, -0.1) is 0 Å². The molecule has 0 aliphatic heterocycles. The molecule has 0 spiro atoms. The van der Waals surface area contributed by atoms with Crippen LogP contribution in [0.5, 0.6) is 0 Å². The first-order chi connectivity index (χ1) is 5.43. The summed E-state index contributed by atoms with van der Waals surface area (Å²) in [6.45, 7) is 3.75.